The van der Waals surface area contributed by atoms with E-state index in [1.807, 2.05) is 4.90 Å². The van der Waals surface area contributed by atoms with Crippen LogP contribution < -0.4 is 9.47 Å². The fourth-order valence-corrected chi connectivity index (χ4v) is 4.41. The van der Waals surface area contributed by atoms with E-state index in [-0.39, 0.29) is 24.3 Å². The molecule has 1 unspecified atom stereocenters. The number of hydrogen-bond acceptors (Lipinski definition) is 4. The Morgan fingerprint density at radius 1 is 0.969 bits per heavy atom. The molecule has 0 radical (unpaired) electrons. The molecule has 1 atom stereocenters. The van der Waals surface area contributed by atoms with Crippen LogP contribution in [0.5, 0.6) is 11.5 Å². The highest BCUT2D eigenvalue weighted by molar-refractivity contribution is 5.94. The lowest BCUT2D eigenvalue weighted by atomic mass is 10.1. The van der Waals surface area contributed by atoms with Crippen LogP contribution in [0.1, 0.15) is 41.6 Å². The third-order valence-electron chi connectivity index (χ3n) is 5.94. The zero-order chi connectivity index (χ0) is 22.6. The predicted octanol–water partition coefficient (Wildman–Crippen LogP) is 4.86. The minimum atomic E-state index is -4.73. The Balaban J connectivity index is 1.33. The fraction of sp³-hybridized carbons (Fsp3) is 0.458. The molecule has 0 N–H and O–H groups in total. The molecule has 1 amide bonds. The fourth-order valence-electron chi connectivity index (χ4n) is 4.41. The Labute approximate surface area is 185 Å². The zero-order valence-corrected chi connectivity index (χ0v) is 17.8. The second kappa shape index (κ2) is 9.81. The Morgan fingerprint density at radius 2 is 1.72 bits per heavy atom. The van der Waals surface area contributed by atoms with Crippen molar-refractivity contribution in [2.45, 2.75) is 44.7 Å². The lowest BCUT2D eigenvalue weighted by Gasteiger charge is -2.28. The van der Waals surface area contributed by atoms with Gasteiger partial charge in [0.25, 0.3) is 5.91 Å². The summed E-state index contributed by atoms with van der Waals surface area (Å²) in [6.07, 6.45) is -0.183. The normalized spacial score (nSPS) is 19.3. The molecule has 2 aliphatic rings. The predicted molar refractivity (Wildman–Crippen MR) is 114 cm³/mol. The second-order valence-electron chi connectivity index (χ2n) is 8.31. The first-order valence-electron chi connectivity index (χ1n) is 11.0. The maximum absolute atomic E-state index is 13.0. The van der Waals surface area contributed by atoms with E-state index in [1.54, 1.807) is 30.3 Å². The molecule has 0 aromatic heterocycles. The molecule has 5 nitrogen and oxygen atoms in total. The van der Waals surface area contributed by atoms with Gasteiger partial charge in [0, 0.05) is 24.7 Å². The number of ether oxygens (including phenoxy) is 2. The van der Waals surface area contributed by atoms with Gasteiger partial charge < -0.3 is 19.3 Å². The summed E-state index contributed by atoms with van der Waals surface area (Å²) in [7, 11) is 0. The minimum absolute atomic E-state index is 0.0373. The number of rotatable bonds is 7. The molecule has 2 heterocycles. The maximum atomic E-state index is 13.0. The van der Waals surface area contributed by atoms with Gasteiger partial charge in [0.05, 0.1) is 0 Å². The Bertz CT molecular complexity index is 911. The highest BCUT2D eigenvalue weighted by atomic mass is 19.4. The summed E-state index contributed by atoms with van der Waals surface area (Å²) in [5.74, 6) is 0.294. The molecule has 0 saturated carbocycles. The van der Waals surface area contributed by atoms with E-state index >= 15 is 0 Å². The summed E-state index contributed by atoms with van der Waals surface area (Å²) >= 11 is 0. The van der Waals surface area contributed by atoms with Crippen LogP contribution in [0.15, 0.2) is 48.5 Å². The van der Waals surface area contributed by atoms with E-state index in [9.17, 15) is 18.0 Å². The minimum Gasteiger partial charge on any atom is -0.489 e. The van der Waals surface area contributed by atoms with Crippen molar-refractivity contribution >= 4 is 5.91 Å². The first-order valence-corrected chi connectivity index (χ1v) is 11.0. The molecule has 8 heteroatoms. The van der Waals surface area contributed by atoms with Crippen LogP contribution in [0.25, 0.3) is 0 Å². The highest BCUT2D eigenvalue weighted by Crippen LogP contribution is 2.25. The van der Waals surface area contributed by atoms with Gasteiger partial charge >= 0.3 is 6.36 Å². The first-order chi connectivity index (χ1) is 15.4. The van der Waals surface area contributed by atoms with Crippen LogP contribution in [-0.4, -0.2) is 54.3 Å². The topological polar surface area (TPSA) is 42.0 Å². The molecule has 32 heavy (non-hydrogen) atoms. The van der Waals surface area contributed by atoms with Gasteiger partial charge in [-0.3, -0.25) is 4.79 Å². The van der Waals surface area contributed by atoms with Crippen molar-refractivity contribution in [1.82, 2.24) is 9.80 Å². The van der Waals surface area contributed by atoms with Gasteiger partial charge in [0.2, 0.25) is 0 Å². The van der Waals surface area contributed by atoms with E-state index < -0.39 is 6.36 Å². The maximum Gasteiger partial charge on any atom is 0.573 e. The Hall–Kier alpha value is -2.74. The first kappa shape index (κ1) is 22.5. The summed E-state index contributed by atoms with van der Waals surface area (Å²) in [6.45, 7) is 4.06. The van der Waals surface area contributed by atoms with E-state index in [1.165, 1.54) is 31.0 Å². The van der Waals surface area contributed by atoms with Crippen molar-refractivity contribution in [3.05, 3.63) is 59.7 Å². The highest BCUT2D eigenvalue weighted by Gasteiger charge is 2.32. The van der Waals surface area contributed by atoms with Crippen LogP contribution in [0, 0.1) is 0 Å². The van der Waals surface area contributed by atoms with Gasteiger partial charge in [-0.2, -0.15) is 0 Å². The molecule has 172 valence electrons. The molecular formula is C24H27F3N2O3. The van der Waals surface area contributed by atoms with E-state index in [2.05, 4.69) is 9.64 Å². The van der Waals surface area contributed by atoms with Gasteiger partial charge in [-0.05, 0) is 80.7 Å². The number of likely N-dealkylation sites (tertiary alicyclic amines) is 2. The molecule has 2 aliphatic heterocycles. The number of alkyl halides is 3. The quantitative estimate of drug-likeness (QED) is 0.607. The smallest absolute Gasteiger partial charge is 0.489 e. The molecule has 2 fully saturated rings. The van der Waals surface area contributed by atoms with Gasteiger partial charge in [-0.1, -0.05) is 12.1 Å². The number of halogens is 3. The number of hydrogen-bond donors (Lipinski definition) is 0. The van der Waals surface area contributed by atoms with Crippen molar-refractivity contribution in [1.29, 1.82) is 0 Å². The summed E-state index contributed by atoms with van der Waals surface area (Å²) in [5, 5.41) is 0. The van der Waals surface area contributed by atoms with Crippen molar-refractivity contribution in [2.24, 2.45) is 0 Å². The average molecular weight is 448 g/mol. The van der Waals surface area contributed by atoms with E-state index in [0.29, 0.717) is 16.9 Å². The SMILES string of the molecule is O=C(c1ccc(OCc2cccc(OC(F)(F)F)c2)cc1)N1CCCC1CN1CCCC1. The zero-order valence-electron chi connectivity index (χ0n) is 17.8. The van der Waals surface area contributed by atoms with Crippen LogP contribution in [-0.2, 0) is 6.61 Å². The van der Waals surface area contributed by atoms with Crippen molar-refractivity contribution in [2.75, 3.05) is 26.2 Å². The van der Waals surface area contributed by atoms with Gasteiger partial charge in [0.1, 0.15) is 18.1 Å². The lowest BCUT2D eigenvalue weighted by molar-refractivity contribution is -0.274. The van der Waals surface area contributed by atoms with Gasteiger partial charge in [-0.25, -0.2) is 0 Å². The third kappa shape index (κ3) is 5.94. The molecule has 0 spiro atoms. The molecule has 2 saturated heterocycles. The standard InChI is InChI=1S/C24H27F3N2O3/c25-24(26,27)32-22-7-3-5-18(15-22)17-31-21-10-8-19(9-11-21)23(30)29-14-4-6-20(29)16-28-12-1-2-13-28/h3,5,7-11,15,20H,1-2,4,6,12-14,16-17H2. The van der Waals surface area contributed by atoms with E-state index in [0.717, 1.165) is 39.0 Å². The summed E-state index contributed by atoms with van der Waals surface area (Å²) in [4.78, 5) is 17.5. The van der Waals surface area contributed by atoms with Crippen LogP contribution in [0.2, 0.25) is 0 Å². The monoisotopic (exact) mass is 448 g/mol. The van der Waals surface area contributed by atoms with Crippen molar-refractivity contribution < 1.29 is 27.4 Å². The summed E-state index contributed by atoms with van der Waals surface area (Å²) in [5.41, 5.74) is 1.17. The van der Waals surface area contributed by atoms with Crippen molar-refractivity contribution in [3.63, 3.8) is 0 Å². The summed E-state index contributed by atoms with van der Waals surface area (Å²) in [6, 6.07) is 12.9. The number of carbonyl (C=O) groups excluding carboxylic acids is 1. The molecule has 2 aromatic rings. The van der Waals surface area contributed by atoms with Crippen LogP contribution in [0.3, 0.4) is 0 Å². The number of nitrogens with zero attached hydrogens (tertiary/aromatic N) is 2. The van der Waals surface area contributed by atoms with Gasteiger partial charge in [-0.15, -0.1) is 13.2 Å². The van der Waals surface area contributed by atoms with Crippen molar-refractivity contribution in [3.8, 4) is 11.5 Å². The molecular weight excluding hydrogens is 421 g/mol. The van der Waals surface area contributed by atoms with Crippen LogP contribution in [0.4, 0.5) is 13.2 Å². The van der Waals surface area contributed by atoms with E-state index in [4.69, 9.17) is 4.74 Å². The Morgan fingerprint density at radius 3 is 2.44 bits per heavy atom. The molecule has 2 aromatic carbocycles. The third-order valence-corrected chi connectivity index (χ3v) is 5.94. The number of benzene rings is 2. The number of amides is 1. The second-order valence-corrected chi connectivity index (χ2v) is 8.31. The molecule has 4 rings (SSSR count). The summed E-state index contributed by atoms with van der Waals surface area (Å²) < 4.78 is 46.7. The largest absolute Gasteiger partial charge is 0.573 e. The lowest BCUT2D eigenvalue weighted by Crippen LogP contribution is -2.42. The molecule has 0 aliphatic carbocycles. The average Bonchev–Trinajstić information content (AvgIpc) is 3.44. The molecule has 0 bridgehead atoms. The Kier molecular flexibility index (Phi) is 6.89. The van der Waals surface area contributed by atoms with Gasteiger partial charge in [0.15, 0.2) is 0 Å². The number of carbonyl (C=O) groups is 1. The van der Waals surface area contributed by atoms with Crippen LogP contribution >= 0.6 is 0 Å².